The maximum atomic E-state index is 12.0. The lowest BCUT2D eigenvalue weighted by Crippen LogP contribution is -2.39. The molecule has 1 aliphatic heterocycles. The molecule has 0 atom stereocenters. The quantitative estimate of drug-likeness (QED) is 0.257. The van der Waals surface area contributed by atoms with Gasteiger partial charge in [-0.25, -0.2) is 0 Å². The number of hydrogen-bond donors (Lipinski definition) is 2. The van der Waals surface area contributed by atoms with Gasteiger partial charge >= 0.3 is 0 Å². The van der Waals surface area contributed by atoms with Crippen molar-refractivity contribution in [3.05, 3.63) is 24.3 Å². The first-order valence-electron chi connectivity index (χ1n) is 8.78. The number of guanidine groups is 1. The number of anilines is 1. The van der Waals surface area contributed by atoms with Crippen LogP contribution in [0.25, 0.3) is 0 Å². The molecule has 6 nitrogen and oxygen atoms in total. The summed E-state index contributed by atoms with van der Waals surface area (Å²) < 4.78 is 5.43. The van der Waals surface area contributed by atoms with Crippen LogP contribution in [0.3, 0.4) is 0 Å². The molecule has 0 aromatic heterocycles. The summed E-state index contributed by atoms with van der Waals surface area (Å²) in [5.74, 6) is 1.23. The van der Waals surface area contributed by atoms with Crippen LogP contribution in [0.4, 0.5) is 5.69 Å². The Balaban J connectivity index is 0.00000312. The predicted molar refractivity (Wildman–Crippen MR) is 113 cm³/mol. The molecule has 1 aromatic rings. The Kier molecular flexibility index (Phi) is 10.3. The Bertz CT molecular complexity index is 566. The average Bonchev–Trinajstić information content (AvgIpc) is 2.60. The molecule has 0 bridgehead atoms. The van der Waals surface area contributed by atoms with E-state index in [1.165, 1.54) is 19.3 Å². The van der Waals surface area contributed by atoms with E-state index in [-0.39, 0.29) is 36.5 Å². The fourth-order valence-electron chi connectivity index (χ4n) is 2.65. The number of nitrogens with zero attached hydrogens (tertiary/aromatic N) is 2. The molecule has 0 radical (unpaired) electrons. The lowest BCUT2D eigenvalue weighted by atomic mass is 10.2. The highest BCUT2D eigenvalue weighted by molar-refractivity contribution is 14.0. The summed E-state index contributed by atoms with van der Waals surface area (Å²) in [5.41, 5.74) is 6.68. The summed E-state index contributed by atoms with van der Waals surface area (Å²) in [6.45, 7) is 4.38. The molecule has 25 heavy (non-hydrogen) atoms. The van der Waals surface area contributed by atoms with Crippen LogP contribution >= 0.6 is 24.0 Å². The molecule has 1 heterocycles. The smallest absolute Gasteiger partial charge is 0.265 e. The highest BCUT2D eigenvalue weighted by atomic mass is 127. The first-order valence-corrected chi connectivity index (χ1v) is 8.78. The van der Waals surface area contributed by atoms with Crippen molar-refractivity contribution in [1.29, 1.82) is 0 Å². The van der Waals surface area contributed by atoms with Crippen LogP contribution in [-0.4, -0.2) is 38.1 Å². The van der Waals surface area contributed by atoms with Gasteiger partial charge in [0.05, 0.1) is 5.69 Å². The lowest BCUT2D eigenvalue weighted by Gasteiger charge is -2.29. The molecule has 140 valence electrons. The monoisotopic (exact) mass is 460 g/mol. The van der Waals surface area contributed by atoms with Gasteiger partial charge in [0.25, 0.3) is 5.91 Å². The van der Waals surface area contributed by atoms with E-state index in [1.54, 1.807) is 4.90 Å². The molecular weight excluding hydrogens is 431 g/mol. The Labute approximate surface area is 167 Å². The number of rotatable bonds is 9. The first kappa shape index (κ1) is 21.5. The van der Waals surface area contributed by atoms with Gasteiger partial charge in [0.1, 0.15) is 5.75 Å². The van der Waals surface area contributed by atoms with Crippen molar-refractivity contribution >= 4 is 41.5 Å². The molecule has 0 unspecified atom stereocenters. The third-order valence-corrected chi connectivity index (χ3v) is 3.97. The third-order valence-electron chi connectivity index (χ3n) is 3.97. The fraction of sp³-hybridized carbons (Fsp3) is 0.556. The van der Waals surface area contributed by atoms with E-state index in [0.717, 1.165) is 30.8 Å². The number of amides is 1. The van der Waals surface area contributed by atoms with E-state index in [4.69, 9.17) is 10.5 Å². The number of nitrogens with one attached hydrogen (secondary N) is 1. The Morgan fingerprint density at radius 2 is 2.08 bits per heavy atom. The van der Waals surface area contributed by atoms with Crippen LogP contribution in [-0.2, 0) is 4.79 Å². The van der Waals surface area contributed by atoms with E-state index < -0.39 is 0 Å². The summed E-state index contributed by atoms with van der Waals surface area (Å²) in [6, 6.07) is 7.60. The number of aliphatic imine (C=N–C) groups is 1. The van der Waals surface area contributed by atoms with Crippen LogP contribution in [0.1, 0.15) is 39.0 Å². The van der Waals surface area contributed by atoms with Gasteiger partial charge in [-0.3, -0.25) is 9.79 Å². The van der Waals surface area contributed by atoms with Crippen LogP contribution in [0.2, 0.25) is 0 Å². The summed E-state index contributed by atoms with van der Waals surface area (Å²) in [7, 11) is 0. The van der Waals surface area contributed by atoms with Crippen molar-refractivity contribution in [2.45, 2.75) is 39.0 Å². The maximum Gasteiger partial charge on any atom is 0.265 e. The number of ether oxygens (including phenoxy) is 1. The molecule has 1 amide bonds. The minimum atomic E-state index is -0.0142. The minimum Gasteiger partial charge on any atom is -0.482 e. The standard InChI is InChI=1S/C18H28N4O2.HI/c1-2-3-4-7-11-20-18(19)21-12-8-13-22-15-9-5-6-10-16(15)24-14-17(22)23;/h5-6,9-10H,2-4,7-8,11-14H2,1H3,(H3,19,20,21);1H. The summed E-state index contributed by atoms with van der Waals surface area (Å²) >= 11 is 0. The number of para-hydroxylation sites is 2. The summed E-state index contributed by atoms with van der Waals surface area (Å²) in [6.07, 6.45) is 5.58. The van der Waals surface area contributed by atoms with Crippen LogP contribution in [0, 0.1) is 0 Å². The largest absolute Gasteiger partial charge is 0.482 e. The molecule has 0 saturated carbocycles. The number of carbonyl (C=O) groups excluding carboxylic acids is 1. The zero-order valence-electron chi connectivity index (χ0n) is 14.9. The molecule has 1 aromatic carbocycles. The van der Waals surface area contributed by atoms with E-state index in [0.29, 0.717) is 19.0 Å². The lowest BCUT2D eigenvalue weighted by molar-refractivity contribution is -0.121. The normalized spacial score (nSPS) is 13.7. The molecule has 3 N–H and O–H groups in total. The second-order valence-electron chi connectivity index (χ2n) is 5.91. The van der Waals surface area contributed by atoms with Crippen molar-refractivity contribution in [3.63, 3.8) is 0 Å². The van der Waals surface area contributed by atoms with Gasteiger partial charge in [-0.05, 0) is 25.0 Å². The highest BCUT2D eigenvalue weighted by Crippen LogP contribution is 2.31. The maximum absolute atomic E-state index is 12.0. The van der Waals surface area contributed by atoms with Crippen LogP contribution in [0.5, 0.6) is 5.75 Å². The van der Waals surface area contributed by atoms with Gasteiger partial charge in [-0.15, -0.1) is 24.0 Å². The molecule has 1 aliphatic rings. The topological polar surface area (TPSA) is 80.0 Å². The Morgan fingerprint density at radius 1 is 1.28 bits per heavy atom. The number of fused-ring (bicyclic) bond motifs is 1. The van der Waals surface area contributed by atoms with Crippen molar-refractivity contribution in [3.8, 4) is 5.75 Å². The number of nitrogens with two attached hydrogens (primary N) is 1. The van der Waals surface area contributed by atoms with Gasteiger partial charge in [0, 0.05) is 19.6 Å². The predicted octanol–water partition coefficient (Wildman–Crippen LogP) is 2.90. The average molecular weight is 460 g/mol. The molecule has 0 spiro atoms. The fourth-order valence-corrected chi connectivity index (χ4v) is 2.65. The van der Waals surface area contributed by atoms with E-state index >= 15 is 0 Å². The molecule has 0 saturated heterocycles. The van der Waals surface area contributed by atoms with Gasteiger partial charge in [0.15, 0.2) is 12.6 Å². The van der Waals surface area contributed by atoms with Crippen molar-refractivity contribution in [1.82, 2.24) is 5.32 Å². The molecule has 0 aliphatic carbocycles. The van der Waals surface area contributed by atoms with Crippen LogP contribution in [0.15, 0.2) is 29.3 Å². The second kappa shape index (κ2) is 11.9. The molecule has 7 heteroatoms. The van der Waals surface area contributed by atoms with Gasteiger partial charge in [-0.2, -0.15) is 0 Å². The van der Waals surface area contributed by atoms with Gasteiger partial charge in [0.2, 0.25) is 0 Å². The highest BCUT2D eigenvalue weighted by Gasteiger charge is 2.24. The molecule has 0 fully saturated rings. The van der Waals surface area contributed by atoms with Gasteiger partial charge < -0.3 is 20.7 Å². The SMILES string of the molecule is CCCCCCNC(N)=NCCCN1C(=O)COc2ccccc21.I. The first-order chi connectivity index (χ1) is 11.7. The van der Waals surface area contributed by atoms with E-state index in [2.05, 4.69) is 17.2 Å². The second-order valence-corrected chi connectivity index (χ2v) is 5.91. The van der Waals surface area contributed by atoms with Gasteiger partial charge in [-0.1, -0.05) is 38.3 Å². The minimum absolute atomic E-state index is 0. The number of hydrogen-bond acceptors (Lipinski definition) is 3. The number of halogens is 1. The van der Waals surface area contributed by atoms with E-state index in [1.807, 2.05) is 24.3 Å². The van der Waals surface area contributed by atoms with E-state index in [9.17, 15) is 4.79 Å². The Morgan fingerprint density at radius 3 is 2.88 bits per heavy atom. The number of benzene rings is 1. The zero-order chi connectivity index (χ0) is 17.2. The molecule has 2 rings (SSSR count). The Hall–Kier alpha value is -1.51. The third kappa shape index (κ3) is 7.09. The number of unbranched alkanes of at least 4 members (excludes halogenated alkanes) is 3. The van der Waals surface area contributed by atoms with Crippen molar-refractivity contribution in [2.24, 2.45) is 10.7 Å². The van der Waals surface area contributed by atoms with Crippen molar-refractivity contribution in [2.75, 3.05) is 31.1 Å². The molecular formula is C18H29IN4O2. The summed E-state index contributed by atoms with van der Waals surface area (Å²) in [5, 5.41) is 3.13. The number of carbonyl (C=O) groups is 1. The van der Waals surface area contributed by atoms with Crippen LogP contribution < -0.4 is 20.7 Å². The van der Waals surface area contributed by atoms with Crippen molar-refractivity contribution < 1.29 is 9.53 Å². The zero-order valence-corrected chi connectivity index (χ0v) is 17.2. The summed E-state index contributed by atoms with van der Waals surface area (Å²) in [4.78, 5) is 18.1.